The number of rotatable bonds is 4. The van der Waals surface area contributed by atoms with Gasteiger partial charge in [-0.2, -0.15) is 0 Å². The topological polar surface area (TPSA) is 29.1 Å². The molecule has 0 rings (SSSR count). The summed E-state index contributed by atoms with van der Waals surface area (Å²) in [6.07, 6.45) is 0. The Balaban J connectivity index is 3.40. The van der Waals surface area contributed by atoms with Gasteiger partial charge >= 0.3 is 0 Å². The molecule has 1 unspecified atom stereocenters. The number of hydrogen-bond acceptors (Lipinski definition) is 2. The van der Waals surface area contributed by atoms with Crippen molar-refractivity contribution in [3.05, 3.63) is 0 Å². The minimum Gasteiger partial charge on any atom is -0.307 e. The molecule has 2 heteroatoms. The van der Waals surface area contributed by atoms with E-state index in [1.807, 2.05) is 6.92 Å². The lowest BCUT2D eigenvalue weighted by molar-refractivity contribution is -0.118. The molecule has 0 aromatic carbocycles. The minimum absolute atomic E-state index is 0.0161. The summed E-state index contributed by atoms with van der Waals surface area (Å²) in [5, 5.41) is 3.13. The predicted octanol–water partition coefficient (Wildman–Crippen LogP) is 1.21. The maximum Gasteiger partial charge on any atom is 0.146 e. The van der Waals surface area contributed by atoms with Gasteiger partial charge in [0.1, 0.15) is 5.78 Å². The average Bonchev–Trinajstić information content (AvgIpc) is 1.82. The van der Waals surface area contributed by atoms with Gasteiger partial charge in [0.05, 0.1) is 6.04 Å². The van der Waals surface area contributed by atoms with Crippen LogP contribution in [0.5, 0.6) is 0 Å². The summed E-state index contributed by atoms with van der Waals surface area (Å²) in [4.78, 5) is 10.7. The number of carbonyl (C=O) groups is 1. The Morgan fingerprint density at radius 2 is 1.90 bits per heavy atom. The summed E-state index contributed by atoms with van der Waals surface area (Å²) in [6, 6.07) is 0.0161. The highest BCUT2D eigenvalue weighted by molar-refractivity contribution is 5.80. The Bertz CT molecular complexity index is 110. The quantitative estimate of drug-likeness (QED) is 0.641. The van der Waals surface area contributed by atoms with Crippen molar-refractivity contribution in [1.82, 2.24) is 5.32 Å². The molecule has 0 aliphatic carbocycles. The first-order chi connectivity index (χ1) is 4.54. The van der Waals surface area contributed by atoms with Gasteiger partial charge < -0.3 is 5.32 Å². The molecule has 0 heterocycles. The average molecular weight is 143 g/mol. The van der Waals surface area contributed by atoms with Crippen LogP contribution >= 0.6 is 0 Å². The van der Waals surface area contributed by atoms with Crippen molar-refractivity contribution < 1.29 is 4.79 Å². The van der Waals surface area contributed by atoms with E-state index in [0.29, 0.717) is 5.92 Å². The summed E-state index contributed by atoms with van der Waals surface area (Å²) in [6.45, 7) is 8.67. The second-order valence-corrected chi connectivity index (χ2v) is 3.13. The number of Topliss-reactive ketones (excluding diaryl/α,β-unsaturated/α-hetero) is 1. The highest BCUT2D eigenvalue weighted by atomic mass is 16.1. The molecule has 0 radical (unpaired) electrons. The molecule has 0 aliphatic heterocycles. The van der Waals surface area contributed by atoms with Crippen molar-refractivity contribution in [2.45, 2.75) is 33.7 Å². The number of ketones is 1. The summed E-state index contributed by atoms with van der Waals surface area (Å²) in [5.74, 6) is 0.822. The van der Waals surface area contributed by atoms with E-state index in [1.54, 1.807) is 6.92 Å². The number of hydrogen-bond donors (Lipinski definition) is 1. The third-order valence-corrected chi connectivity index (χ3v) is 1.44. The van der Waals surface area contributed by atoms with Crippen molar-refractivity contribution in [2.24, 2.45) is 5.92 Å². The van der Waals surface area contributed by atoms with Gasteiger partial charge in [-0.15, -0.1) is 0 Å². The smallest absolute Gasteiger partial charge is 0.146 e. The second-order valence-electron chi connectivity index (χ2n) is 3.13. The van der Waals surface area contributed by atoms with Gasteiger partial charge in [0, 0.05) is 0 Å². The van der Waals surface area contributed by atoms with Crippen LogP contribution in [-0.2, 0) is 4.79 Å². The summed E-state index contributed by atoms with van der Waals surface area (Å²) in [7, 11) is 0. The maximum absolute atomic E-state index is 10.7. The monoisotopic (exact) mass is 143 g/mol. The van der Waals surface area contributed by atoms with Gasteiger partial charge in [0.25, 0.3) is 0 Å². The molecule has 0 saturated carbocycles. The molecule has 0 bridgehead atoms. The zero-order valence-electron chi connectivity index (χ0n) is 7.27. The fourth-order valence-electron chi connectivity index (χ4n) is 0.556. The highest BCUT2D eigenvalue weighted by Gasteiger charge is 2.05. The zero-order chi connectivity index (χ0) is 8.15. The normalized spacial score (nSPS) is 13.7. The molecule has 1 N–H and O–H groups in total. The molecule has 1 atom stereocenters. The van der Waals surface area contributed by atoms with Gasteiger partial charge in [-0.1, -0.05) is 13.8 Å². The third-order valence-electron chi connectivity index (χ3n) is 1.44. The van der Waals surface area contributed by atoms with Crippen LogP contribution in [0, 0.1) is 5.92 Å². The summed E-state index contributed by atoms with van der Waals surface area (Å²) >= 11 is 0. The Morgan fingerprint density at radius 1 is 1.40 bits per heavy atom. The third kappa shape index (κ3) is 4.50. The van der Waals surface area contributed by atoms with Crippen molar-refractivity contribution in [2.75, 3.05) is 6.54 Å². The Morgan fingerprint density at radius 3 is 2.20 bits per heavy atom. The number of nitrogens with one attached hydrogen (secondary N) is 1. The van der Waals surface area contributed by atoms with Crippen LogP contribution in [0.25, 0.3) is 0 Å². The van der Waals surface area contributed by atoms with Crippen LogP contribution in [0.15, 0.2) is 0 Å². The van der Waals surface area contributed by atoms with E-state index in [2.05, 4.69) is 19.2 Å². The molecule has 10 heavy (non-hydrogen) atoms. The standard InChI is InChI=1S/C8H17NO/c1-6(2)5-9-7(3)8(4)10/h6-7,9H,5H2,1-4H3. The van der Waals surface area contributed by atoms with E-state index < -0.39 is 0 Å². The molecular weight excluding hydrogens is 126 g/mol. The lowest BCUT2D eigenvalue weighted by atomic mass is 10.2. The first-order valence-corrected chi connectivity index (χ1v) is 3.78. The molecule has 60 valence electrons. The second kappa shape index (κ2) is 4.45. The van der Waals surface area contributed by atoms with Crippen LogP contribution in [0.3, 0.4) is 0 Å². The van der Waals surface area contributed by atoms with E-state index in [-0.39, 0.29) is 11.8 Å². The van der Waals surface area contributed by atoms with E-state index in [0.717, 1.165) is 6.54 Å². The first kappa shape index (κ1) is 9.63. The van der Waals surface area contributed by atoms with Crippen LogP contribution < -0.4 is 5.32 Å². The molecule has 2 nitrogen and oxygen atoms in total. The van der Waals surface area contributed by atoms with Crippen LogP contribution in [0.1, 0.15) is 27.7 Å². The Labute approximate surface area is 63.0 Å². The Kier molecular flexibility index (Phi) is 4.28. The van der Waals surface area contributed by atoms with Crippen molar-refractivity contribution in [1.29, 1.82) is 0 Å². The van der Waals surface area contributed by atoms with Gasteiger partial charge in [0.2, 0.25) is 0 Å². The molecule has 0 aliphatic rings. The summed E-state index contributed by atoms with van der Waals surface area (Å²) in [5.41, 5.74) is 0. The molecule has 0 saturated heterocycles. The first-order valence-electron chi connectivity index (χ1n) is 3.78. The zero-order valence-corrected chi connectivity index (χ0v) is 7.27. The molecule has 0 aromatic heterocycles. The van der Waals surface area contributed by atoms with Gasteiger partial charge in [-0.3, -0.25) is 4.79 Å². The lowest BCUT2D eigenvalue weighted by Gasteiger charge is -2.11. The highest BCUT2D eigenvalue weighted by Crippen LogP contribution is 1.90. The van der Waals surface area contributed by atoms with Crippen molar-refractivity contribution in [3.8, 4) is 0 Å². The molecule has 0 spiro atoms. The fourth-order valence-corrected chi connectivity index (χ4v) is 0.556. The van der Waals surface area contributed by atoms with Crippen LogP contribution in [0.4, 0.5) is 0 Å². The predicted molar refractivity (Wildman–Crippen MR) is 43.0 cm³/mol. The van der Waals surface area contributed by atoms with E-state index >= 15 is 0 Å². The molecule has 0 amide bonds. The van der Waals surface area contributed by atoms with E-state index in [9.17, 15) is 4.79 Å². The van der Waals surface area contributed by atoms with E-state index in [1.165, 1.54) is 0 Å². The minimum atomic E-state index is 0.0161. The van der Waals surface area contributed by atoms with Crippen LogP contribution in [0.2, 0.25) is 0 Å². The lowest BCUT2D eigenvalue weighted by Crippen LogP contribution is -2.34. The maximum atomic E-state index is 10.7. The fraction of sp³-hybridized carbons (Fsp3) is 0.875. The largest absolute Gasteiger partial charge is 0.307 e. The molecular formula is C8H17NO. The Hall–Kier alpha value is -0.370. The number of carbonyl (C=O) groups excluding carboxylic acids is 1. The molecule has 0 aromatic rings. The summed E-state index contributed by atoms with van der Waals surface area (Å²) < 4.78 is 0. The van der Waals surface area contributed by atoms with Gasteiger partial charge in [-0.05, 0) is 26.3 Å². The van der Waals surface area contributed by atoms with Crippen molar-refractivity contribution >= 4 is 5.78 Å². The van der Waals surface area contributed by atoms with Gasteiger partial charge in [-0.25, -0.2) is 0 Å². The molecule has 0 fully saturated rings. The van der Waals surface area contributed by atoms with E-state index in [4.69, 9.17) is 0 Å². The van der Waals surface area contributed by atoms with Gasteiger partial charge in [0.15, 0.2) is 0 Å². The van der Waals surface area contributed by atoms with Crippen LogP contribution in [-0.4, -0.2) is 18.4 Å². The SMILES string of the molecule is CC(=O)C(C)NCC(C)C. The van der Waals surface area contributed by atoms with Crippen molar-refractivity contribution in [3.63, 3.8) is 0 Å².